The van der Waals surface area contributed by atoms with Crippen molar-refractivity contribution >= 4 is 11.9 Å². The van der Waals surface area contributed by atoms with Gasteiger partial charge in [0.2, 0.25) is 5.89 Å². The zero-order valence-electron chi connectivity index (χ0n) is 15.7. The summed E-state index contributed by atoms with van der Waals surface area (Å²) in [4.78, 5) is 24.2. The van der Waals surface area contributed by atoms with E-state index in [1.54, 1.807) is 19.1 Å². The van der Waals surface area contributed by atoms with Gasteiger partial charge in [-0.3, -0.25) is 9.59 Å². The average molecular weight is 379 g/mol. The molecule has 1 heterocycles. The lowest BCUT2D eigenvalue weighted by Gasteiger charge is -2.10. The number of amides is 1. The maximum Gasteiger partial charge on any atom is 0.308 e. The molecule has 0 aliphatic heterocycles. The van der Waals surface area contributed by atoms with Crippen molar-refractivity contribution in [3.63, 3.8) is 0 Å². The van der Waals surface area contributed by atoms with Crippen LogP contribution in [0.25, 0.3) is 11.5 Å². The molecular formula is C21H21N3O4. The van der Waals surface area contributed by atoms with Gasteiger partial charge in [-0.1, -0.05) is 36.4 Å². The molecule has 7 heteroatoms. The van der Waals surface area contributed by atoms with E-state index < -0.39 is 12.1 Å². The number of benzene rings is 2. The number of hydrogen-bond acceptors (Lipinski definition) is 6. The van der Waals surface area contributed by atoms with Crippen LogP contribution in [0.4, 0.5) is 0 Å². The summed E-state index contributed by atoms with van der Waals surface area (Å²) in [5, 5.41) is 10.6. The number of nitrogens with one attached hydrogen (secondary N) is 1. The van der Waals surface area contributed by atoms with Crippen LogP contribution in [0.2, 0.25) is 0 Å². The summed E-state index contributed by atoms with van der Waals surface area (Å²) in [6.07, 6.45) is -0.633. The number of ether oxygens (including phenoxy) is 1. The van der Waals surface area contributed by atoms with Crippen molar-refractivity contribution in [1.29, 1.82) is 0 Å². The van der Waals surface area contributed by atoms with Gasteiger partial charge < -0.3 is 14.5 Å². The Morgan fingerprint density at radius 3 is 2.54 bits per heavy atom. The summed E-state index contributed by atoms with van der Waals surface area (Å²) in [7, 11) is 0. The normalized spacial score (nSPS) is 11.6. The Kier molecular flexibility index (Phi) is 6.16. The minimum Gasteiger partial charge on any atom is -0.453 e. The quantitative estimate of drug-likeness (QED) is 0.632. The van der Waals surface area contributed by atoms with Crippen LogP contribution in [0, 0.1) is 6.92 Å². The van der Waals surface area contributed by atoms with Crippen LogP contribution in [-0.2, 0) is 9.53 Å². The first-order valence-corrected chi connectivity index (χ1v) is 8.96. The van der Waals surface area contributed by atoms with E-state index in [4.69, 9.17) is 9.15 Å². The molecule has 0 spiro atoms. The van der Waals surface area contributed by atoms with E-state index in [0.717, 1.165) is 11.1 Å². The van der Waals surface area contributed by atoms with Crippen LogP contribution in [-0.4, -0.2) is 28.6 Å². The van der Waals surface area contributed by atoms with E-state index in [1.165, 1.54) is 0 Å². The monoisotopic (exact) mass is 379 g/mol. The molecule has 2 aromatic carbocycles. The largest absolute Gasteiger partial charge is 0.453 e. The van der Waals surface area contributed by atoms with E-state index in [-0.39, 0.29) is 24.8 Å². The Morgan fingerprint density at radius 1 is 1.07 bits per heavy atom. The van der Waals surface area contributed by atoms with E-state index in [2.05, 4.69) is 15.5 Å². The molecule has 28 heavy (non-hydrogen) atoms. The van der Waals surface area contributed by atoms with Gasteiger partial charge >= 0.3 is 5.97 Å². The van der Waals surface area contributed by atoms with Crippen molar-refractivity contribution in [1.82, 2.24) is 15.5 Å². The molecule has 0 bridgehead atoms. The molecular weight excluding hydrogens is 358 g/mol. The molecule has 1 atom stereocenters. The van der Waals surface area contributed by atoms with E-state index in [9.17, 15) is 9.59 Å². The molecule has 0 aliphatic carbocycles. The fourth-order valence-corrected chi connectivity index (χ4v) is 2.60. The van der Waals surface area contributed by atoms with Crippen molar-refractivity contribution in [3.05, 3.63) is 71.6 Å². The van der Waals surface area contributed by atoms with Crippen molar-refractivity contribution in [2.24, 2.45) is 0 Å². The molecule has 3 rings (SSSR count). The topological polar surface area (TPSA) is 94.3 Å². The Hall–Kier alpha value is -3.48. The lowest BCUT2D eigenvalue weighted by atomic mass is 10.1. The maximum absolute atomic E-state index is 12.1. The standard InChI is InChI=1S/C21H21N3O4/c1-14-8-6-7-11-17(14)19(26)22-13-12-18(25)27-15(2)20-23-24-21(28-20)16-9-4-3-5-10-16/h3-11,15H,12-13H2,1-2H3,(H,22,26)/t15-/m0/s1. The van der Waals surface area contributed by atoms with Crippen LogP contribution >= 0.6 is 0 Å². The molecule has 144 valence electrons. The van der Waals surface area contributed by atoms with Gasteiger partial charge in [0.1, 0.15) is 0 Å². The molecule has 1 amide bonds. The number of carbonyl (C=O) groups excluding carboxylic acids is 2. The number of nitrogens with zero attached hydrogens (tertiary/aromatic N) is 2. The Morgan fingerprint density at radius 2 is 1.79 bits per heavy atom. The van der Waals surface area contributed by atoms with Crippen LogP contribution < -0.4 is 5.32 Å². The summed E-state index contributed by atoms with van der Waals surface area (Å²) in [6.45, 7) is 3.70. The van der Waals surface area contributed by atoms with Crippen LogP contribution in [0.15, 0.2) is 59.0 Å². The molecule has 3 aromatic rings. The SMILES string of the molecule is Cc1ccccc1C(=O)NCCC(=O)O[C@@H](C)c1nnc(-c2ccccc2)o1. The second-order valence-electron chi connectivity index (χ2n) is 6.26. The average Bonchev–Trinajstić information content (AvgIpc) is 3.19. The molecule has 0 saturated carbocycles. The Labute approximate surface area is 162 Å². The summed E-state index contributed by atoms with van der Waals surface area (Å²) in [5.74, 6) is -0.0967. The lowest BCUT2D eigenvalue weighted by molar-refractivity contribution is -0.149. The first-order valence-electron chi connectivity index (χ1n) is 8.96. The highest BCUT2D eigenvalue weighted by atomic mass is 16.6. The third-order valence-electron chi connectivity index (χ3n) is 4.12. The van der Waals surface area contributed by atoms with Crippen molar-refractivity contribution in [3.8, 4) is 11.5 Å². The van der Waals surface area contributed by atoms with Gasteiger partial charge in [-0.05, 0) is 37.6 Å². The highest BCUT2D eigenvalue weighted by Crippen LogP contribution is 2.22. The van der Waals surface area contributed by atoms with Gasteiger partial charge in [0, 0.05) is 17.7 Å². The van der Waals surface area contributed by atoms with Crippen molar-refractivity contribution < 1.29 is 18.7 Å². The number of esters is 1. The first kappa shape index (κ1) is 19.3. The smallest absolute Gasteiger partial charge is 0.308 e. The fraction of sp³-hybridized carbons (Fsp3) is 0.238. The van der Waals surface area contributed by atoms with Gasteiger partial charge in [0.05, 0.1) is 6.42 Å². The summed E-state index contributed by atoms with van der Waals surface area (Å²) in [5.41, 5.74) is 2.25. The molecule has 0 aliphatic rings. The van der Waals surface area contributed by atoms with E-state index >= 15 is 0 Å². The van der Waals surface area contributed by atoms with Gasteiger partial charge in [-0.25, -0.2) is 0 Å². The number of aromatic nitrogens is 2. The summed E-state index contributed by atoms with van der Waals surface area (Å²) < 4.78 is 10.9. The highest BCUT2D eigenvalue weighted by molar-refractivity contribution is 5.95. The van der Waals surface area contributed by atoms with Crippen molar-refractivity contribution in [2.75, 3.05) is 6.54 Å². The second-order valence-corrected chi connectivity index (χ2v) is 6.26. The van der Waals surface area contributed by atoms with E-state index in [1.807, 2.05) is 49.4 Å². The highest BCUT2D eigenvalue weighted by Gasteiger charge is 2.19. The molecule has 7 nitrogen and oxygen atoms in total. The third-order valence-corrected chi connectivity index (χ3v) is 4.12. The van der Waals surface area contributed by atoms with Crippen LogP contribution in [0.5, 0.6) is 0 Å². The molecule has 0 radical (unpaired) electrons. The van der Waals surface area contributed by atoms with Crippen molar-refractivity contribution in [2.45, 2.75) is 26.4 Å². The zero-order chi connectivity index (χ0) is 19.9. The predicted octanol–water partition coefficient (Wildman–Crippen LogP) is 3.47. The zero-order valence-corrected chi connectivity index (χ0v) is 15.7. The second kappa shape index (κ2) is 8.94. The molecule has 0 unspecified atom stereocenters. The van der Waals surface area contributed by atoms with Gasteiger partial charge in [0.25, 0.3) is 11.8 Å². The van der Waals surface area contributed by atoms with E-state index in [0.29, 0.717) is 11.5 Å². The maximum atomic E-state index is 12.1. The number of aryl methyl sites for hydroxylation is 1. The van der Waals surface area contributed by atoms with Gasteiger partial charge in [-0.2, -0.15) is 0 Å². The number of carbonyl (C=O) groups is 2. The Bertz CT molecular complexity index is 953. The number of hydrogen-bond donors (Lipinski definition) is 1. The lowest BCUT2D eigenvalue weighted by Crippen LogP contribution is -2.27. The first-order chi connectivity index (χ1) is 13.5. The predicted molar refractivity (Wildman–Crippen MR) is 102 cm³/mol. The third kappa shape index (κ3) is 4.82. The van der Waals surface area contributed by atoms with Gasteiger partial charge in [0.15, 0.2) is 6.10 Å². The molecule has 1 N–H and O–H groups in total. The minimum atomic E-state index is -0.676. The molecule has 0 saturated heterocycles. The van der Waals surface area contributed by atoms with Crippen LogP contribution in [0.3, 0.4) is 0 Å². The number of rotatable bonds is 7. The molecule has 1 aromatic heterocycles. The Balaban J connectivity index is 1.48. The summed E-state index contributed by atoms with van der Waals surface area (Å²) >= 11 is 0. The molecule has 0 fully saturated rings. The van der Waals surface area contributed by atoms with Crippen LogP contribution in [0.1, 0.15) is 41.3 Å². The minimum absolute atomic E-state index is 0.0433. The van der Waals surface area contributed by atoms with Gasteiger partial charge in [-0.15, -0.1) is 10.2 Å². The summed E-state index contributed by atoms with van der Waals surface area (Å²) in [6, 6.07) is 16.6. The fourth-order valence-electron chi connectivity index (χ4n) is 2.60.